The third-order valence-corrected chi connectivity index (χ3v) is 2.54. The predicted octanol–water partition coefficient (Wildman–Crippen LogP) is 2.09. The first-order chi connectivity index (χ1) is 8.05. The van der Waals surface area contributed by atoms with Crippen molar-refractivity contribution < 1.29 is 9.59 Å². The summed E-state index contributed by atoms with van der Waals surface area (Å²) in [6.45, 7) is 12.7. The van der Waals surface area contributed by atoms with Crippen LogP contribution in [0.15, 0.2) is 0 Å². The average molecular weight is 256 g/mol. The molecule has 0 atom stereocenters. The third-order valence-electron chi connectivity index (χ3n) is 2.54. The van der Waals surface area contributed by atoms with E-state index >= 15 is 0 Å². The molecule has 0 heterocycles. The van der Waals surface area contributed by atoms with Gasteiger partial charge in [0.05, 0.1) is 0 Å². The minimum absolute atomic E-state index is 0.0706. The molecule has 2 N–H and O–H groups in total. The Balaban J connectivity index is 3.60. The fraction of sp³-hybridized carbons (Fsp3) is 0.857. The Morgan fingerprint density at radius 1 is 0.722 bits per heavy atom. The SMILES string of the molecule is CC(C)(C)C(=O)NCCCCNC(=O)C(C)(C)C. The number of rotatable bonds is 5. The molecule has 0 aromatic carbocycles. The van der Waals surface area contributed by atoms with E-state index in [4.69, 9.17) is 0 Å². The lowest BCUT2D eigenvalue weighted by molar-refractivity contribution is -0.129. The molecule has 0 aliphatic carbocycles. The monoisotopic (exact) mass is 256 g/mol. The molecule has 0 saturated heterocycles. The zero-order valence-electron chi connectivity index (χ0n) is 12.6. The Labute approximate surface area is 111 Å². The summed E-state index contributed by atoms with van der Waals surface area (Å²) >= 11 is 0. The van der Waals surface area contributed by atoms with Crippen molar-refractivity contribution in [3.8, 4) is 0 Å². The van der Waals surface area contributed by atoms with Crippen LogP contribution >= 0.6 is 0 Å². The van der Waals surface area contributed by atoms with Crippen molar-refractivity contribution in [1.82, 2.24) is 10.6 Å². The minimum atomic E-state index is -0.333. The number of hydrogen-bond donors (Lipinski definition) is 2. The van der Waals surface area contributed by atoms with Crippen molar-refractivity contribution in [3.05, 3.63) is 0 Å². The molecular weight excluding hydrogens is 228 g/mol. The number of amides is 2. The molecule has 0 radical (unpaired) electrons. The molecule has 0 aromatic heterocycles. The van der Waals surface area contributed by atoms with Crippen molar-refractivity contribution in [1.29, 1.82) is 0 Å². The lowest BCUT2D eigenvalue weighted by Gasteiger charge is -2.18. The second kappa shape index (κ2) is 6.76. The van der Waals surface area contributed by atoms with Crippen molar-refractivity contribution in [3.63, 3.8) is 0 Å². The smallest absolute Gasteiger partial charge is 0.225 e. The molecule has 0 spiro atoms. The summed E-state index contributed by atoms with van der Waals surface area (Å²) in [5.74, 6) is 0.141. The highest BCUT2D eigenvalue weighted by Crippen LogP contribution is 2.13. The maximum Gasteiger partial charge on any atom is 0.225 e. The van der Waals surface area contributed by atoms with Crippen LogP contribution in [0.3, 0.4) is 0 Å². The maximum atomic E-state index is 11.6. The minimum Gasteiger partial charge on any atom is -0.356 e. The Bertz CT molecular complexity index is 255. The molecule has 0 fully saturated rings. The van der Waals surface area contributed by atoms with E-state index in [1.54, 1.807) is 0 Å². The summed E-state index contributed by atoms with van der Waals surface area (Å²) in [5.41, 5.74) is -0.666. The molecule has 0 aliphatic heterocycles. The number of hydrogen-bond acceptors (Lipinski definition) is 2. The van der Waals surface area contributed by atoms with Gasteiger partial charge in [0, 0.05) is 23.9 Å². The van der Waals surface area contributed by atoms with E-state index in [-0.39, 0.29) is 22.6 Å². The number of carbonyl (C=O) groups excluding carboxylic acids is 2. The predicted molar refractivity (Wildman–Crippen MR) is 74.2 cm³/mol. The largest absolute Gasteiger partial charge is 0.356 e. The summed E-state index contributed by atoms with van der Waals surface area (Å²) in [5, 5.41) is 5.78. The average Bonchev–Trinajstić information content (AvgIpc) is 2.19. The van der Waals surface area contributed by atoms with Crippen LogP contribution in [0.1, 0.15) is 54.4 Å². The van der Waals surface area contributed by atoms with E-state index < -0.39 is 0 Å². The first-order valence-corrected chi connectivity index (χ1v) is 6.62. The third kappa shape index (κ3) is 7.30. The van der Waals surface area contributed by atoms with Crippen molar-refractivity contribution in [2.24, 2.45) is 10.8 Å². The van der Waals surface area contributed by atoms with Gasteiger partial charge in [-0.3, -0.25) is 9.59 Å². The molecule has 4 nitrogen and oxygen atoms in total. The number of carbonyl (C=O) groups is 2. The van der Waals surface area contributed by atoms with E-state index in [1.807, 2.05) is 41.5 Å². The molecular formula is C14H28N2O2. The summed E-state index contributed by atoms with van der Waals surface area (Å²) in [6.07, 6.45) is 1.76. The fourth-order valence-electron chi connectivity index (χ4n) is 1.18. The summed E-state index contributed by atoms with van der Waals surface area (Å²) in [7, 11) is 0. The maximum absolute atomic E-state index is 11.6. The van der Waals surface area contributed by atoms with Crippen LogP contribution in [0.2, 0.25) is 0 Å². The molecule has 0 aliphatic rings. The molecule has 18 heavy (non-hydrogen) atoms. The molecule has 0 bridgehead atoms. The molecule has 0 unspecified atom stereocenters. The highest BCUT2D eigenvalue weighted by atomic mass is 16.2. The summed E-state index contributed by atoms with van der Waals surface area (Å²) in [4.78, 5) is 23.1. The van der Waals surface area contributed by atoms with Crippen LogP contribution in [0, 0.1) is 10.8 Å². The van der Waals surface area contributed by atoms with Crippen LogP contribution in [-0.2, 0) is 9.59 Å². The Morgan fingerprint density at radius 3 is 1.22 bits per heavy atom. The molecule has 106 valence electrons. The van der Waals surface area contributed by atoms with Crippen LogP contribution in [0.5, 0.6) is 0 Å². The van der Waals surface area contributed by atoms with Crippen molar-refractivity contribution in [2.45, 2.75) is 54.4 Å². The van der Waals surface area contributed by atoms with Gasteiger partial charge in [-0.1, -0.05) is 41.5 Å². The van der Waals surface area contributed by atoms with Gasteiger partial charge in [0.25, 0.3) is 0 Å². The quantitative estimate of drug-likeness (QED) is 0.740. The van der Waals surface area contributed by atoms with Crippen LogP contribution in [-0.4, -0.2) is 24.9 Å². The zero-order chi connectivity index (χ0) is 14.4. The van der Waals surface area contributed by atoms with E-state index in [0.717, 1.165) is 12.8 Å². The lowest BCUT2D eigenvalue weighted by atomic mass is 9.95. The molecule has 0 rings (SSSR count). The van der Waals surface area contributed by atoms with Gasteiger partial charge in [0.2, 0.25) is 11.8 Å². The van der Waals surface area contributed by atoms with Gasteiger partial charge < -0.3 is 10.6 Å². The second-order valence-electron chi connectivity index (χ2n) is 6.72. The number of nitrogens with one attached hydrogen (secondary N) is 2. The Hall–Kier alpha value is -1.06. The van der Waals surface area contributed by atoms with Gasteiger partial charge in [-0.25, -0.2) is 0 Å². The van der Waals surface area contributed by atoms with Crippen LogP contribution < -0.4 is 10.6 Å². The van der Waals surface area contributed by atoms with E-state index in [9.17, 15) is 9.59 Å². The molecule has 0 saturated carbocycles. The van der Waals surface area contributed by atoms with E-state index in [1.165, 1.54) is 0 Å². The summed E-state index contributed by atoms with van der Waals surface area (Å²) < 4.78 is 0. The first kappa shape index (κ1) is 16.9. The Kier molecular flexibility index (Phi) is 6.36. The standard InChI is InChI=1S/C14H28N2O2/c1-13(2,3)11(17)15-9-7-8-10-16-12(18)14(4,5)6/h7-10H2,1-6H3,(H,15,17)(H,16,18). The van der Waals surface area contributed by atoms with E-state index in [0.29, 0.717) is 13.1 Å². The van der Waals surface area contributed by atoms with Crippen LogP contribution in [0.4, 0.5) is 0 Å². The highest BCUT2D eigenvalue weighted by molar-refractivity contribution is 5.81. The lowest BCUT2D eigenvalue weighted by Crippen LogP contribution is -2.37. The highest BCUT2D eigenvalue weighted by Gasteiger charge is 2.21. The number of unbranched alkanes of at least 4 members (excludes halogenated alkanes) is 1. The van der Waals surface area contributed by atoms with Crippen LogP contribution in [0.25, 0.3) is 0 Å². The van der Waals surface area contributed by atoms with Gasteiger partial charge in [-0.2, -0.15) is 0 Å². The second-order valence-corrected chi connectivity index (χ2v) is 6.72. The molecule has 4 heteroatoms. The fourth-order valence-corrected chi connectivity index (χ4v) is 1.18. The van der Waals surface area contributed by atoms with Gasteiger partial charge in [-0.05, 0) is 12.8 Å². The molecule has 2 amide bonds. The Morgan fingerprint density at radius 2 is 1.00 bits per heavy atom. The van der Waals surface area contributed by atoms with Gasteiger partial charge in [0.1, 0.15) is 0 Å². The first-order valence-electron chi connectivity index (χ1n) is 6.62. The van der Waals surface area contributed by atoms with Crippen molar-refractivity contribution >= 4 is 11.8 Å². The zero-order valence-corrected chi connectivity index (χ0v) is 12.6. The normalized spacial score (nSPS) is 12.1. The topological polar surface area (TPSA) is 58.2 Å². The van der Waals surface area contributed by atoms with Gasteiger partial charge >= 0.3 is 0 Å². The van der Waals surface area contributed by atoms with Crippen molar-refractivity contribution in [2.75, 3.05) is 13.1 Å². The van der Waals surface area contributed by atoms with Gasteiger partial charge in [-0.15, -0.1) is 0 Å². The molecule has 0 aromatic rings. The van der Waals surface area contributed by atoms with E-state index in [2.05, 4.69) is 10.6 Å². The van der Waals surface area contributed by atoms with Gasteiger partial charge in [0.15, 0.2) is 0 Å². The summed E-state index contributed by atoms with van der Waals surface area (Å²) in [6, 6.07) is 0.